The molecule has 0 saturated carbocycles. The number of aryl methyl sites for hydroxylation is 1. The number of amides is 3. The molecule has 1 aliphatic carbocycles. The highest BCUT2D eigenvalue weighted by atomic mass is 16.2. The molecule has 0 unspecified atom stereocenters. The normalized spacial score (nSPS) is 15.9. The van der Waals surface area contributed by atoms with Crippen LogP contribution in [0.25, 0.3) is 0 Å². The topological polar surface area (TPSA) is 84.2 Å². The van der Waals surface area contributed by atoms with Crippen LogP contribution in [0.2, 0.25) is 0 Å². The lowest BCUT2D eigenvalue weighted by molar-refractivity contribution is 0.0936. The molecule has 3 amide bonds. The van der Waals surface area contributed by atoms with Crippen LogP contribution >= 0.6 is 0 Å². The zero-order chi connectivity index (χ0) is 15.5. The van der Waals surface area contributed by atoms with Crippen LogP contribution in [0, 0.1) is 0 Å². The Hall–Kier alpha value is -2.82. The molecule has 4 N–H and O–H groups in total. The van der Waals surface area contributed by atoms with Crippen LogP contribution in [-0.2, 0) is 6.42 Å². The molecule has 5 nitrogen and oxygen atoms in total. The standard InChI is InChI=1S/C17H17N3O2/c18-17(22)19-13-8-5-12(6-9-13)16(21)20-15-10-7-11-3-1-2-4-14(11)15/h1-6,8-9,15H,7,10H2,(H,20,21)(H3,18,19,22)/t15-/m1/s1. The largest absolute Gasteiger partial charge is 0.351 e. The van der Waals surface area contributed by atoms with Crippen molar-refractivity contribution in [1.82, 2.24) is 5.32 Å². The van der Waals surface area contributed by atoms with Gasteiger partial charge >= 0.3 is 6.03 Å². The second kappa shape index (κ2) is 5.89. The minimum absolute atomic E-state index is 0.0621. The van der Waals surface area contributed by atoms with Gasteiger partial charge in [-0.1, -0.05) is 24.3 Å². The summed E-state index contributed by atoms with van der Waals surface area (Å²) < 4.78 is 0. The van der Waals surface area contributed by atoms with Crippen molar-refractivity contribution in [2.24, 2.45) is 5.73 Å². The first kappa shape index (κ1) is 14.1. The van der Waals surface area contributed by atoms with Gasteiger partial charge in [0.15, 0.2) is 0 Å². The molecule has 0 heterocycles. The minimum atomic E-state index is -0.625. The maximum absolute atomic E-state index is 12.3. The van der Waals surface area contributed by atoms with Crippen molar-refractivity contribution in [3.63, 3.8) is 0 Å². The minimum Gasteiger partial charge on any atom is -0.351 e. The maximum Gasteiger partial charge on any atom is 0.316 e. The van der Waals surface area contributed by atoms with Crippen molar-refractivity contribution in [3.8, 4) is 0 Å². The van der Waals surface area contributed by atoms with Gasteiger partial charge in [0.25, 0.3) is 5.91 Å². The summed E-state index contributed by atoms with van der Waals surface area (Å²) in [7, 11) is 0. The molecule has 0 bridgehead atoms. The summed E-state index contributed by atoms with van der Waals surface area (Å²) in [6.45, 7) is 0. The first-order valence-electron chi connectivity index (χ1n) is 7.18. The number of hydrogen-bond acceptors (Lipinski definition) is 2. The van der Waals surface area contributed by atoms with E-state index in [0.29, 0.717) is 11.3 Å². The van der Waals surface area contributed by atoms with E-state index in [9.17, 15) is 9.59 Å². The Morgan fingerprint density at radius 2 is 1.77 bits per heavy atom. The average molecular weight is 295 g/mol. The molecule has 3 rings (SSSR count). The zero-order valence-corrected chi connectivity index (χ0v) is 12.0. The second-order valence-electron chi connectivity index (χ2n) is 5.33. The second-order valence-corrected chi connectivity index (χ2v) is 5.33. The summed E-state index contributed by atoms with van der Waals surface area (Å²) in [6.07, 6.45) is 1.91. The molecule has 0 aromatic heterocycles. The summed E-state index contributed by atoms with van der Waals surface area (Å²) in [4.78, 5) is 23.1. The summed E-state index contributed by atoms with van der Waals surface area (Å²) in [6, 6.07) is 14.3. The van der Waals surface area contributed by atoms with E-state index in [-0.39, 0.29) is 11.9 Å². The smallest absolute Gasteiger partial charge is 0.316 e. The summed E-state index contributed by atoms with van der Waals surface area (Å²) in [5.41, 5.74) is 8.66. The number of rotatable bonds is 3. The Labute approximate surface area is 128 Å². The van der Waals surface area contributed by atoms with Crippen LogP contribution in [0.4, 0.5) is 10.5 Å². The highest BCUT2D eigenvalue weighted by Crippen LogP contribution is 2.30. The predicted molar refractivity (Wildman–Crippen MR) is 84.6 cm³/mol. The fraction of sp³-hybridized carbons (Fsp3) is 0.176. The molecule has 5 heteroatoms. The monoisotopic (exact) mass is 295 g/mol. The molecule has 0 radical (unpaired) electrons. The molecule has 1 atom stereocenters. The van der Waals surface area contributed by atoms with Gasteiger partial charge in [-0.25, -0.2) is 4.79 Å². The lowest BCUT2D eigenvalue weighted by Crippen LogP contribution is -2.27. The summed E-state index contributed by atoms with van der Waals surface area (Å²) in [5.74, 6) is -0.118. The van der Waals surface area contributed by atoms with E-state index < -0.39 is 6.03 Å². The lowest BCUT2D eigenvalue weighted by atomic mass is 10.1. The number of primary amides is 1. The van der Waals surface area contributed by atoms with Crippen molar-refractivity contribution >= 4 is 17.6 Å². The Bertz CT molecular complexity index is 710. The van der Waals surface area contributed by atoms with E-state index in [0.717, 1.165) is 12.8 Å². The Balaban J connectivity index is 1.69. The van der Waals surface area contributed by atoms with Gasteiger partial charge in [0, 0.05) is 11.3 Å². The van der Waals surface area contributed by atoms with E-state index in [1.165, 1.54) is 11.1 Å². The third-order valence-corrected chi connectivity index (χ3v) is 3.85. The maximum atomic E-state index is 12.3. The Kier molecular flexibility index (Phi) is 3.78. The highest BCUT2D eigenvalue weighted by Gasteiger charge is 2.23. The molecule has 0 spiro atoms. The van der Waals surface area contributed by atoms with Crippen LogP contribution in [0.5, 0.6) is 0 Å². The van der Waals surface area contributed by atoms with Gasteiger partial charge in [-0.3, -0.25) is 4.79 Å². The van der Waals surface area contributed by atoms with Gasteiger partial charge < -0.3 is 16.4 Å². The van der Waals surface area contributed by atoms with E-state index in [2.05, 4.69) is 22.8 Å². The molecular weight excluding hydrogens is 278 g/mol. The van der Waals surface area contributed by atoms with Crippen LogP contribution < -0.4 is 16.4 Å². The number of fused-ring (bicyclic) bond motifs is 1. The number of benzene rings is 2. The summed E-state index contributed by atoms with van der Waals surface area (Å²) in [5, 5.41) is 5.52. The third-order valence-electron chi connectivity index (χ3n) is 3.85. The van der Waals surface area contributed by atoms with E-state index in [1.54, 1.807) is 24.3 Å². The first-order valence-corrected chi connectivity index (χ1v) is 7.18. The number of nitrogens with one attached hydrogen (secondary N) is 2. The van der Waals surface area contributed by atoms with Gasteiger partial charge in [0.05, 0.1) is 6.04 Å². The molecule has 2 aromatic carbocycles. The first-order chi connectivity index (χ1) is 10.6. The Morgan fingerprint density at radius 3 is 2.50 bits per heavy atom. The number of carbonyl (C=O) groups is 2. The van der Waals surface area contributed by atoms with Gasteiger partial charge in [-0.15, -0.1) is 0 Å². The number of nitrogens with two attached hydrogens (primary N) is 1. The molecular formula is C17H17N3O2. The number of hydrogen-bond donors (Lipinski definition) is 3. The van der Waals surface area contributed by atoms with Crippen molar-refractivity contribution in [3.05, 3.63) is 65.2 Å². The zero-order valence-electron chi connectivity index (χ0n) is 12.0. The van der Waals surface area contributed by atoms with Crippen molar-refractivity contribution < 1.29 is 9.59 Å². The summed E-state index contributed by atoms with van der Waals surface area (Å²) >= 11 is 0. The van der Waals surface area contributed by atoms with Gasteiger partial charge in [0.2, 0.25) is 0 Å². The van der Waals surface area contributed by atoms with Crippen LogP contribution in [0.3, 0.4) is 0 Å². The molecule has 0 aliphatic heterocycles. The third kappa shape index (κ3) is 2.93. The van der Waals surface area contributed by atoms with Gasteiger partial charge in [0.1, 0.15) is 0 Å². The molecule has 0 saturated heterocycles. The quantitative estimate of drug-likeness (QED) is 0.813. The van der Waals surface area contributed by atoms with Gasteiger partial charge in [-0.2, -0.15) is 0 Å². The molecule has 22 heavy (non-hydrogen) atoms. The number of carbonyl (C=O) groups excluding carboxylic acids is 2. The highest BCUT2D eigenvalue weighted by molar-refractivity contribution is 5.95. The predicted octanol–water partition coefficient (Wildman–Crippen LogP) is 2.59. The molecule has 1 aliphatic rings. The van der Waals surface area contributed by atoms with E-state index in [4.69, 9.17) is 5.73 Å². The van der Waals surface area contributed by atoms with Crippen molar-refractivity contribution in [2.75, 3.05) is 5.32 Å². The van der Waals surface area contributed by atoms with Crippen LogP contribution in [0.15, 0.2) is 48.5 Å². The SMILES string of the molecule is NC(=O)Nc1ccc(C(=O)N[C@@H]2CCc3ccccc32)cc1. The van der Waals surface area contributed by atoms with E-state index >= 15 is 0 Å². The molecule has 2 aromatic rings. The number of anilines is 1. The van der Waals surface area contributed by atoms with Gasteiger partial charge in [-0.05, 0) is 48.2 Å². The lowest BCUT2D eigenvalue weighted by Gasteiger charge is -2.14. The van der Waals surface area contributed by atoms with Crippen LogP contribution in [-0.4, -0.2) is 11.9 Å². The fourth-order valence-corrected chi connectivity index (χ4v) is 2.80. The van der Waals surface area contributed by atoms with E-state index in [1.807, 2.05) is 12.1 Å². The molecule has 112 valence electrons. The Morgan fingerprint density at radius 1 is 1.05 bits per heavy atom. The van der Waals surface area contributed by atoms with Crippen molar-refractivity contribution in [2.45, 2.75) is 18.9 Å². The fourth-order valence-electron chi connectivity index (χ4n) is 2.80. The number of urea groups is 1. The average Bonchev–Trinajstić information content (AvgIpc) is 2.91. The molecule has 0 fully saturated rings. The van der Waals surface area contributed by atoms with Crippen molar-refractivity contribution in [1.29, 1.82) is 0 Å². The van der Waals surface area contributed by atoms with Crippen LogP contribution in [0.1, 0.15) is 33.9 Å².